The number of amides is 2. The number of ether oxygens (including phenoxy) is 1. The molecule has 2 N–H and O–H groups in total. The number of carbonyl (C=O) groups is 2. The van der Waals surface area contributed by atoms with Gasteiger partial charge in [-0.05, 0) is 67.9 Å². The van der Waals surface area contributed by atoms with E-state index in [9.17, 15) is 9.59 Å². The van der Waals surface area contributed by atoms with Crippen LogP contribution in [-0.2, 0) is 9.59 Å². The van der Waals surface area contributed by atoms with Crippen LogP contribution in [0.15, 0.2) is 71.9 Å². The second-order valence-electron chi connectivity index (χ2n) is 8.28. The highest BCUT2D eigenvalue weighted by Gasteiger charge is 2.21. The number of benzene rings is 3. The maximum atomic E-state index is 13.0. The number of anilines is 1. The summed E-state index contributed by atoms with van der Waals surface area (Å²) >= 11 is 7.67. The number of aromatic nitrogens is 2. The molecule has 0 bridgehead atoms. The summed E-state index contributed by atoms with van der Waals surface area (Å²) in [5.74, 6) is 0.452. The van der Waals surface area contributed by atoms with E-state index in [0.29, 0.717) is 34.8 Å². The lowest BCUT2D eigenvalue weighted by molar-refractivity contribution is -0.119. The average Bonchev–Trinajstić information content (AvgIpc) is 3.21. The van der Waals surface area contributed by atoms with Gasteiger partial charge in [0.25, 0.3) is 0 Å². The van der Waals surface area contributed by atoms with Gasteiger partial charge in [-0.25, -0.2) is 4.98 Å². The molecule has 0 aliphatic rings. The first-order valence-electron chi connectivity index (χ1n) is 11.5. The van der Waals surface area contributed by atoms with Gasteiger partial charge in [0.05, 0.1) is 33.5 Å². The van der Waals surface area contributed by atoms with Crippen LogP contribution < -0.4 is 15.4 Å². The first-order chi connectivity index (χ1) is 17.3. The molecule has 4 rings (SSSR count). The van der Waals surface area contributed by atoms with Gasteiger partial charge in [-0.2, -0.15) is 0 Å². The highest BCUT2D eigenvalue weighted by molar-refractivity contribution is 8.00. The Bertz CT molecular complexity index is 1390. The summed E-state index contributed by atoms with van der Waals surface area (Å²) in [6.07, 6.45) is 0. The van der Waals surface area contributed by atoms with Gasteiger partial charge in [-0.15, -0.1) is 0 Å². The van der Waals surface area contributed by atoms with Crippen molar-refractivity contribution in [2.45, 2.75) is 31.2 Å². The maximum Gasteiger partial charge on any atom is 0.237 e. The van der Waals surface area contributed by atoms with Crippen LogP contribution in [0.1, 0.15) is 19.4 Å². The fraction of sp³-hybridized carbons (Fsp3) is 0.222. The molecule has 0 fully saturated rings. The molecule has 1 heterocycles. The monoisotopic (exact) mass is 522 g/mol. The van der Waals surface area contributed by atoms with Crippen LogP contribution in [0.3, 0.4) is 0 Å². The minimum absolute atomic E-state index is 0.0872. The molecule has 2 amide bonds. The Morgan fingerprint density at radius 2 is 1.86 bits per heavy atom. The highest BCUT2D eigenvalue weighted by atomic mass is 35.5. The molecule has 0 saturated heterocycles. The second kappa shape index (κ2) is 11.5. The zero-order valence-corrected chi connectivity index (χ0v) is 21.8. The number of hydrogen-bond acceptors (Lipinski definition) is 5. The van der Waals surface area contributed by atoms with Crippen molar-refractivity contribution in [3.05, 3.63) is 77.3 Å². The van der Waals surface area contributed by atoms with E-state index in [1.807, 2.05) is 85.1 Å². The number of halogens is 1. The Kier molecular flexibility index (Phi) is 8.18. The highest BCUT2D eigenvalue weighted by Crippen LogP contribution is 2.32. The van der Waals surface area contributed by atoms with E-state index in [-0.39, 0.29) is 11.8 Å². The Morgan fingerprint density at radius 1 is 1.11 bits per heavy atom. The quantitative estimate of drug-likeness (QED) is 0.220. The minimum atomic E-state index is -0.422. The number of carbonyl (C=O) groups excluding carboxylic acids is 2. The molecule has 186 valence electrons. The molecule has 36 heavy (non-hydrogen) atoms. The van der Waals surface area contributed by atoms with Crippen molar-refractivity contribution in [2.75, 3.05) is 18.5 Å². The SMILES string of the molecule is CC(=O)NCCOc1ccc(-n2c(SC(C)C(=O)Nc3ccc(C)cc3Cl)nc3ccccc32)cc1. The van der Waals surface area contributed by atoms with Crippen LogP contribution in [0.5, 0.6) is 5.75 Å². The number of para-hydroxylation sites is 2. The van der Waals surface area contributed by atoms with Crippen molar-refractivity contribution >= 4 is 51.9 Å². The van der Waals surface area contributed by atoms with Gasteiger partial charge >= 0.3 is 0 Å². The van der Waals surface area contributed by atoms with Crippen molar-refractivity contribution in [3.8, 4) is 11.4 Å². The molecule has 0 aliphatic carbocycles. The van der Waals surface area contributed by atoms with Gasteiger partial charge in [-0.1, -0.05) is 41.6 Å². The van der Waals surface area contributed by atoms with E-state index in [0.717, 1.165) is 22.3 Å². The molecule has 0 saturated carbocycles. The van der Waals surface area contributed by atoms with Crippen LogP contribution in [0, 0.1) is 6.92 Å². The van der Waals surface area contributed by atoms with Gasteiger partial charge in [0, 0.05) is 12.6 Å². The molecule has 0 aliphatic heterocycles. The van der Waals surface area contributed by atoms with Crippen molar-refractivity contribution in [2.24, 2.45) is 0 Å². The molecule has 1 unspecified atom stereocenters. The third-order valence-corrected chi connectivity index (χ3v) is 6.77. The zero-order valence-electron chi connectivity index (χ0n) is 20.2. The Balaban J connectivity index is 1.53. The Labute approximate surface area is 219 Å². The summed E-state index contributed by atoms with van der Waals surface area (Å²) in [4.78, 5) is 28.8. The number of hydrogen-bond donors (Lipinski definition) is 2. The third kappa shape index (κ3) is 6.19. The van der Waals surface area contributed by atoms with Crippen molar-refractivity contribution in [1.29, 1.82) is 0 Å². The Hall–Kier alpha value is -3.49. The lowest BCUT2D eigenvalue weighted by Crippen LogP contribution is -2.25. The Morgan fingerprint density at radius 3 is 2.58 bits per heavy atom. The molecule has 0 radical (unpaired) electrons. The van der Waals surface area contributed by atoms with Crippen LogP contribution in [0.4, 0.5) is 5.69 Å². The minimum Gasteiger partial charge on any atom is -0.492 e. The first-order valence-corrected chi connectivity index (χ1v) is 12.8. The van der Waals surface area contributed by atoms with Crippen LogP contribution >= 0.6 is 23.4 Å². The molecular formula is C27H27ClN4O3S. The van der Waals surface area contributed by atoms with Gasteiger partial charge in [0.15, 0.2) is 5.16 Å². The van der Waals surface area contributed by atoms with Gasteiger partial charge < -0.3 is 15.4 Å². The predicted octanol–water partition coefficient (Wildman–Crippen LogP) is 5.62. The number of thioether (sulfide) groups is 1. The summed E-state index contributed by atoms with van der Waals surface area (Å²) in [5, 5.41) is 6.41. The van der Waals surface area contributed by atoms with E-state index in [1.54, 1.807) is 0 Å². The number of nitrogens with zero attached hydrogens (tertiary/aromatic N) is 2. The summed E-state index contributed by atoms with van der Waals surface area (Å²) in [6.45, 7) is 6.09. The summed E-state index contributed by atoms with van der Waals surface area (Å²) < 4.78 is 7.74. The van der Waals surface area contributed by atoms with Crippen LogP contribution in [0.25, 0.3) is 16.7 Å². The summed E-state index contributed by atoms with van der Waals surface area (Å²) in [5.41, 5.74) is 4.29. The van der Waals surface area contributed by atoms with E-state index >= 15 is 0 Å². The van der Waals surface area contributed by atoms with E-state index in [1.165, 1.54) is 18.7 Å². The molecule has 1 aromatic heterocycles. The molecule has 0 spiro atoms. The van der Waals surface area contributed by atoms with E-state index in [4.69, 9.17) is 21.3 Å². The number of imidazole rings is 1. The standard InChI is InChI=1S/C27H27ClN4O3S/c1-17-8-13-23(22(28)16-17)30-26(34)18(2)36-27-31-24-6-4-5-7-25(24)32(27)20-9-11-21(12-10-20)35-15-14-29-19(3)33/h4-13,16,18H,14-15H2,1-3H3,(H,29,33)(H,30,34). The maximum absolute atomic E-state index is 13.0. The summed E-state index contributed by atoms with van der Waals surface area (Å²) in [7, 11) is 0. The number of aryl methyl sites for hydroxylation is 1. The molecule has 4 aromatic rings. The molecule has 7 nitrogen and oxygen atoms in total. The van der Waals surface area contributed by atoms with E-state index in [2.05, 4.69) is 10.6 Å². The lowest BCUT2D eigenvalue weighted by Gasteiger charge is -2.15. The normalized spacial score (nSPS) is 11.8. The topological polar surface area (TPSA) is 85.2 Å². The largest absolute Gasteiger partial charge is 0.492 e. The van der Waals surface area contributed by atoms with Crippen LogP contribution in [0.2, 0.25) is 5.02 Å². The molecular weight excluding hydrogens is 496 g/mol. The predicted molar refractivity (Wildman–Crippen MR) is 145 cm³/mol. The smallest absolute Gasteiger partial charge is 0.237 e. The van der Waals surface area contributed by atoms with Crippen molar-refractivity contribution < 1.29 is 14.3 Å². The van der Waals surface area contributed by atoms with Crippen molar-refractivity contribution in [3.63, 3.8) is 0 Å². The number of fused-ring (bicyclic) bond motifs is 1. The van der Waals surface area contributed by atoms with Crippen molar-refractivity contribution in [1.82, 2.24) is 14.9 Å². The fourth-order valence-electron chi connectivity index (χ4n) is 3.59. The average molecular weight is 523 g/mol. The van der Waals surface area contributed by atoms with Gasteiger partial charge in [0.2, 0.25) is 11.8 Å². The number of rotatable bonds is 9. The van der Waals surface area contributed by atoms with Gasteiger partial charge in [-0.3, -0.25) is 14.2 Å². The van der Waals surface area contributed by atoms with Gasteiger partial charge in [0.1, 0.15) is 12.4 Å². The summed E-state index contributed by atoms with van der Waals surface area (Å²) in [6, 6.07) is 21.0. The third-order valence-electron chi connectivity index (χ3n) is 5.40. The molecule has 3 aromatic carbocycles. The molecule has 1 atom stereocenters. The fourth-order valence-corrected chi connectivity index (χ4v) is 4.81. The number of nitrogens with one attached hydrogen (secondary N) is 2. The van der Waals surface area contributed by atoms with E-state index < -0.39 is 5.25 Å². The zero-order chi connectivity index (χ0) is 25.7. The van der Waals surface area contributed by atoms with Crippen LogP contribution in [-0.4, -0.2) is 39.8 Å². The first kappa shape index (κ1) is 25.6. The lowest BCUT2D eigenvalue weighted by atomic mass is 10.2. The molecule has 9 heteroatoms. The second-order valence-corrected chi connectivity index (χ2v) is 9.99.